The number of hydrogen-bond donors (Lipinski definition) is 2. The number of aromatic amines is 1. The summed E-state index contributed by atoms with van der Waals surface area (Å²) in [5.74, 6) is -0.159. The minimum Gasteiger partial charge on any atom is -0.373 e. The Morgan fingerprint density at radius 3 is 2.45 bits per heavy atom. The fourth-order valence-electron chi connectivity index (χ4n) is 3.80. The highest BCUT2D eigenvalue weighted by atomic mass is 16.5. The zero-order valence-electron chi connectivity index (χ0n) is 17.5. The number of fused-ring (bicyclic) bond motifs is 1. The molecule has 2 N–H and O–H groups in total. The number of aromatic nitrogens is 2. The van der Waals surface area contributed by atoms with Crippen LogP contribution in [0.4, 0.5) is 0 Å². The summed E-state index contributed by atoms with van der Waals surface area (Å²) in [5.41, 5.74) is -0.849. The van der Waals surface area contributed by atoms with Crippen LogP contribution in [-0.2, 0) is 16.1 Å². The molecule has 0 saturated carbocycles. The van der Waals surface area contributed by atoms with Crippen molar-refractivity contribution in [1.82, 2.24) is 20.0 Å². The fraction of sp³-hybridized carbons (Fsp3) is 0.571. The highest BCUT2D eigenvalue weighted by molar-refractivity contribution is 5.80. The summed E-state index contributed by atoms with van der Waals surface area (Å²) in [6.07, 6.45) is 0.427. The van der Waals surface area contributed by atoms with Gasteiger partial charge in [-0.2, -0.15) is 0 Å². The molecule has 0 aliphatic carbocycles. The van der Waals surface area contributed by atoms with E-state index in [0.29, 0.717) is 17.3 Å². The number of benzene rings is 1. The van der Waals surface area contributed by atoms with Gasteiger partial charge in [0.15, 0.2) is 0 Å². The third-order valence-electron chi connectivity index (χ3n) is 5.44. The molecule has 29 heavy (non-hydrogen) atoms. The van der Waals surface area contributed by atoms with E-state index >= 15 is 0 Å². The van der Waals surface area contributed by atoms with Crippen LogP contribution in [0.1, 0.15) is 34.1 Å². The van der Waals surface area contributed by atoms with Crippen LogP contribution < -0.4 is 16.4 Å². The number of carbonyl (C=O) groups is 1. The van der Waals surface area contributed by atoms with Gasteiger partial charge in [-0.25, -0.2) is 4.68 Å². The van der Waals surface area contributed by atoms with Gasteiger partial charge in [-0.3, -0.25) is 24.4 Å². The van der Waals surface area contributed by atoms with Gasteiger partial charge in [0.2, 0.25) is 5.91 Å². The molecule has 1 amide bonds. The molecule has 2 unspecified atom stereocenters. The quantitative estimate of drug-likeness (QED) is 0.754. The number of ether oxygens (including phenoxy) is 1. The molecule has 1 aliphatic heterocycles. The standard InChI is InChI=1S/C21H30N4O4/c1-14-11-24(12-15(2)29-14)21(3,4)13-22-18(26)9-10-25-20(28)17-8-6-5-7-16(17)19(27)23-25/h5-8,14-15H,9-13H2,1-4H3,(H,22,26)(H,23,27). The van der Waals surface area contributed by atoms with Crippen molar-refractivity contribution in [2.75, 3.05) is 19.6 Å². The third-order valence-corrected chi connectivity index (χ3v) is 5.44. The van der Waals surface area contributed by atoms with Crippen LogP contribution in [0.15, 0.2) is 33.9 Å². The predicted octanol–water partition coefficient (Wildman–Crippen LogP) is 1.08. The van der Waals surface area contributed by atoms with Gasteiger partial charge in [0.05, 0.1) is 29.5 Å². The Labute approximate surface area is 169 Å². The first-order valence-electron chi connectivity index (χ1n) is 10.1. The lowest BCUT2D eigenvalue weighted by atomic mass is 10.00. The molecule has 0 bridgehead atoms. The van der Waals surface area contributed by atoms with E-state index in [4.69, 9.17) is 4.74 Å². The minimum absolute atomic E-state index is 0.111. The largest absolute Gasteiger partial charge is 0.373 e. The first kappa shape index (κ1) is 21.3. The number of morpholine rings is 1. The third kappa shape index (κ3) is 4.94. The summed E-state index contributed by atoms with van der Waals surface area (Å²) in [6.45, 7) is 10.6. The van der Waals surface area contributed by atoms with E-state index < -0.39 is 0 Å². The number of aryl methyl sites for hydroxylation is 1. The number of carbonyl (C=O) groups excluding carboxylic acids is 1. The van der Waals surface area contributed by atoms with Crippen LogP contribution in [0.3, 0.4) is 0 Å². The first-order chi connectivity index (χ1) is 13.7. The highest BCUT2D eigenvalue weighted by Crippen LogP contribution is 2.20. The van der Waals surface area contributed by atoms with E-state index in [9.17, 15) is 14.4 Å². The van der Waals surface area contributed by atoms with Gasteiger partial charge in [0, 0.05) is 31.6 Å². The molecular weight excluding hydrogens is 372 g/mol. The van der Waals surface area contributed by atoms with Crippen molar-refractivity contribution in [1.29, 1.82) is 0 Å². The maximum absolute atomic E-state index is 12.5. The van der Waals surface area contributed by atoms with Crippen molar-refractivity contribution in [3.05, 3.63) is 45.0 Å². The van der Waals surface area contributed by atoms with Crippen molar-refractivity contribution in [3.63, 3.8) is 0 Å². The number of nitrogens with one attached hydrogen (secondary N) is 2. The fourth-order valence-corrected chi connectivity index (χ4v) is 3.80. The van der Waals surface area contributed by atoms with Crippen LogP contribution in [0.25, 0.3) is 10.8 Å². The summed E-state index contributed by atoms with van der Waals surface area (Å²) in [5, 5.41) is 6.23. The minimum atomic E-state index is -0.336. The first-order valence-corrected chi connectivity index (χ1v) is 10.1. The van der Waals surface area contributed by atoms with Gasteiger partial charge in [0.1, 0.15) is 0 Å². The molecule has 1 fully saturated rings. The molecule has 8 nitrogen and oxygen atoms in total. The number of rotatable bonds is 6. The number of H-pyrrole nitrogens is 1. The van der Waals surface area contributed by atoms with Gasteiger partial charge < -0.3 is 10.1 Å². The maximum atomic E-state index is 12.5. The number of nitrogens with zero attached hydrogens (tertiary/aromatic N) is 2. The topological polar surface area (TPSA) is 96.4 Å². The molecule has 1 saturated heterocycles. The molecule has 158 valence electrons. The Kier molecular flexibility index (Phi) is 6.24. The molecule has 2 heterocycles. The Morgan fingerprint density at radius 2 is 1.79 bits per heavy atom. The molecule has 8 heteroatoms. The van der Waals surface area contributed by atoms with E-state index in [2.05, 4.69) is 43.0 Å². The second kappa shape index (κ2) is 8.51. The lowest BCUT2D eigenvalue weighted by Gasteiger charge is -2.45. The monoisotopic (exact) mass is 402 g/mol. The molecule has 1 aromatic carbocycles. The molecule has 0 spiro atoms. The summed E-state index contributed by atoms with van der Waals surface area (Å²) in [7, 11) is 0. The van der Waals surface area contributed by atoms with Gasteiger partial charge in [-0.15, -0.1) is 0 Å². The number of amides is 1. The predicted molar refractivity (Wildman–Crippen MR) is 112 cm³/mol. The van der Waals surface area contributed by atoms with E-state index in [1.807, 2.05) is 0 Å². The molecule has 2 aromatic rings. The second-order valence-electron chi connectivity index (χ2n) is 8.44. The van der Waals surface area contributed by atoms with Crippen LogP contribution in [-0.4, -0.2) is 58.0 Å². The van der Waals surface area contributed by atoms with Crippen molar-refractivity contribution >= 4 is 16.7 Å². The van der Waals surface area contributed by atoms with E-state index in [0.717, 1.165) is 13.1 Å². The Balaban J connectivity index is 1.59. The van der Waals surface area contributed by atoms with Crippen LogP contribution in [0.5, 0.6) is 0 Å². The van der Waals surface area contributed by atoms with Gasteiger partial charge in [-0.1, -0.05) is 12.1 Å². The Bertz CT molecular complexity index is 984. The van der Waals surface area contributed by atoms with Crippen molar-refractivity contribution in [2.45, 2.75) is 58.4 Å². The zero-order chi connectivity index (χ0) is 21.2. The Morgan fingerprint density at radius 1 is 1.17 bits per heavy atom. The van der Waals surface area contributed by atoms with E-state index in [1.165, 1.54) is 4.68 Å². The van der Waals surface area contributed by atoms with Gasteiger partial charge in [0.25, 0.3) is 11.1 Å². The van der Waals surface area contributed by atoms with Crippen molar-refractivity contribution < 1.29 is 9.53 Å². The van der Waals surface area contributed by atoms with Gasteiger partial charge in [-0.05, 0) is 39.8 Å². The SMILES string of the molecule is CC1CN(C(C)(C)CNC(=O)CCn2[nH]c(=O)c3ccccc3c2=O)CC(C)O1. The molecule has 2 atom stereocenters. The van der Waals surface area contributed by atoms with Crippen LogP contribution in [0.2, 0.25) is 0 Å². The Hall–Kier alpha value is -2.45. The summed E-state index contributed by atoms with van der Waals surface area (Å²) >= 11 is 0. The summed E-state index contributed by atoms with van der Waals surface area (Å²) < 4.78 is 6.99. The summed E-state index contributed by atoms with van der Waals surface area (Å²) in [6, 6.07) is 6.67. The smallest absolute Gasteiger partial charge is 0.273 e. The summed E-state index contributed by atoms with van der Waals surface area (Å²) in [4.78, 5) is 39.4. The van der Waals surface area contributed by atoms with Gasteiger partial charge >= 0.3 is 0 Å². The van der Waals surface area contributed by atoms with E-state index in [-0.39, 0.29) is 47.7 Å². The lowest BCUT2D eigenvalue weighted by molar-refractivity contribution is -0.123. The molecule has 1 aliphatic rings. The lowest BCUT2D eigenvalue weighted by Crippen LogP contribution is -2.58. The van der Waals surface area contributed by atoms with Crippen molar-refractivity contribution in [3.8, 4) is 0 Å². The van der Waals surface area contributed by atoms with Crippen molar-refractivity contribution in [2.24, 2.45) is 0 Å². The molecular formula is C21H30N4O4. The average molecular weight is 402 g/mol. The zero-order valence-corrected chi connectivity index (χ0v) is 17.5. The molecule has 1 aromatic heterocycles. The highest BCUT2D eigenvalue weighted by Gasteiger charge is 2.33. The molecule has 0 radical (unpaired) electrons. The maximum Gasteiger partial charge on any atom is 0.273 e. The molecule has 3 rings (SSSR count). The normalized spacial score (nSPS) is 20.7. The number of hydrogen-bond acceptors (Lipinski definition) is 5. The van der Waals surface area contributed by atoms with E-state index in [1.54, 1.807) is 24.3 Å². The van der Waals surface area contributed by atoms with Crippen LogP contribution in [0, 0.1) is 0 Å². The second-order valence-corrected chi connectivity index (χ2v) is 8.44. The average Bonchev–Trinajstić information content (AvgIpc) is 2.67. The van der Waals surface area contributed by atoms with Crippen LogP contribution >= 0.6 is 0 Å².